The van der Waals surface area contributed by atoms with E-state index in [1.54, 1.807) is 30.3 Å². The predicted molar refractivity (Wildman–Crippen MR) is 101 cm³/mol. The van der Waals surface area contributed by atoms with Crippen molar-refractivity contribution < 1.29 is 17.9 Å². The number of anilines is 2. The lowest BCUT2D eigenvalue weighted by molar-refractivity contribution is -0.122. The van der Waals surface area contributed by atoms with Crippen LogP contribution in [0, 0.1) is 6.92 Å². The second kappa shape index (κ2) is 6.68. The van der Waals surface area contributed by atoms with Gasteiger partial charge in [0.2, 0.25) is 10.0 Å². The number of rotatable bonds is 3. The minimum absolute atomic E-state index is 0.0743. The number of ether oxygens (including phenoxy) is 1. The minimum Gasteiger partial charge on any atom is -0.476 e. The van der Waals surface area contributed by atoms with Crippen molar-refractivity contribution in [3.05, 3.63) is 52.5 Å². The summed E-state index contributed by atoms with van der Waals surface area (Å²) in [5, 5.41) is 2.75. The van der Waals surface area contributed by atoms with E-state index in [9.17, 15) is 13.2 Å². The number of carbonyl (C=O) groups excluding carboxylic acids is 1. The fourth-order valence-electron chi connectivity index (χ4n) is 2.60. The summed E-state index contributed by atoms with van der Waals surface area (Å²) in [7, 11) is -3.54. The number of halogens is 1. The molecule has 6 nitrogen and oxygen atoms in total. The fourth-order valence-corrected chi connectivity index (χ4v) is 3.91. The highest BCUT2D eigenvalue weighted by atomic mass is 79.9. The van der Waals surface area contributed by atoms with Crippen molar-refractivity contribution in [3.63, 3.8) is 0 Å². The Balaban J connectivity index is 1.89. The van der Waals surface area contributed by atoms with E-state index in [1.165, 1.54) is 4.31 Å². The number of amides is 1. The van der Waals surface area contributed by atoms with Gasteiger partial charge in [0, 0.05) is 10.2 Å². The van der Waals surface area contributed by atoms with Crippen LogP contribution in [-0.4, -0.2) is 33.2 Å². The van der Waals surface area contributed by atoms with Crippen molar-refractivity contribution in [1.82, 2.24) is 0 Å². The quantitative estimate of drug-likeness (QED) is 0.821. The Labute approximate surface area is 155 Å². The third-order valence-corrected chi connectivity index (χ3v) is 5.41. The van der Waals surface area contributed by atoms with Crippen LogP contribution < -0.4 is 14.4 Å². The molecule has 0 radical (unpaired) electrons. The summed E-state index contributed by atoms with van der Waals surface area (Å²) in [6.07, 6.45) is 0.178. The molecule has 1 aliphatic heterocycles. The summed E-state index contributed by atoms with van der Waals surface area (Å²) >= 11 is 3.34. The summed E-state index contributed by atoms with van der Waals surface area (Å²) in [6.45, 7) is 1.79. The molecule has 0 fully saturated rings. The van der Waals surface area contributed by atoms with E-state index in [1.807, 2.05) is 19.1 Å². The summed E-state index contributed by atoms with van der Waals surface area (Å²) in [6, 6.07) is 12.4. The lowest BCUT2D eigenvalue weighted by atomic mass is 10.1. The predicted octanol–water partition coefficient (Wildman–Crippen LogP) is 2.92. The van der Waals surface area contributed by atoms with Crippen LogP contribution in [0.4, 0.5) is 11.4 Å². The average molecular weight is 425 g/mol. The third kappa shape index (κ3) is 3.96. The van der Waals surface area contributed by atoms with Crippen LogP contribution in [0.3, 0.4) is 0 Å². The van der Waals surface area contributed by atoms with E-state index in [0.717, 1.165) is 16.3 Å². The van der Waals surface area contributed by atoms with Crippen LogP contribution in [0.15, 0.2) is 46.9 Å². The molecule has 1 heterocycles. The first-order chi connectivity index (χ1) is 11.7. The lowest BCUT2D eigenvalue weighted by Crippen LogP contribution is -2.48. The maximum Gasteiger partial charge on any atom is 0.267 e. The van der Waals surface area contributed by atoms with E-state index >= 15 is 0 Å². The smallest absolute Gasteiger partial charge is 0.267 e. The van der Waals surface area contributed by atoms with Gasteiger partial charge in [0.1, 0.15) is 5.75 Å². The van der Waals surface area contributed by atoms with Gasteiger partial charge in [-0.2, -0.15) is 0 Å². The molecule has 132 valence electrons. The van der Waals surface area contributed by atoms with Gasteiger partial charge in [0.15, 0.2) is 6.10 Å². The summed E-state index contributed by atoms with van der Waals surface area (Å²) in [4.78, 5) is 12.6. The number of benzene rings is 2. The number of hydrogen-bond donors (Lipinski definition) is 1. The van der Waals surface area contributed by atoms with Gasteiger partial charge in [-0.3, -0.25) is 9.10 Å². The van der Waals surface area contributed by atoms with E-state index in [-0.39, 0.29) is 6.54 Å². The summed E-state index contributed by atoms with van der Waals surface area (Å²) < 4.78 is 32.1. The molecule has 1 amide bonds. The molecule has 1 atom stereocenters. The molecule has 0 bridgehead atoms. The van der Waals surface area contributed by atoms with Gasteiger partial charge in [-0.25, -0.2) is 8.42 Å². The third-order valence-electron chi connectivity index (χ3n) is 3.77. The van der Waals surface area contributed by atoms with Crippen LogP contribution in [0.25, 0.3) is 0 Å². The maximum absolute atomic E-state index is 12.6. The molecule has 1 N–H and O–H groups in total. The summed E-state index contributed by atoms with van der Waals surface area (Å²) in [5.41, 5.74) is 1.96. The molecule has 8 heteroatoms. The molecule has 2 aromatic rings. The first kappa shape index (κ1) is 17.8. The Morgan fingerprint density at radius 2 is 2.04 bits per heavy atom. The number of fused-ring (bicyclic) bond motifs is 1. The molecule has 0 saturated heterocycles. The van der Waals surface area contributed by atoms with E-state index in [0.29, 0.717) is 17.1 Å². The highest BCUT2D eigenvalue weighted by Crippen LogP contribution is 2.36. The van der Waals surface area contributed by atoms with Gasteiger partial charge in [-0.15, -0.1) is 0 Å². The monoisotopic (exact) mass is 424 g/mol. The van der Waals surface area contributed by atoms with Crippen molar-refractivity contribution in [2.45, 2.75) is 13.0 Å². The molecule has 1 aliphatic rings. The van der Waals surface area contributed by atoms with E-state index < -0.39 is 22.0 Å². The van der Waals surface area contributed by atoms with Gasteiger partial charge in [-0.05, 0) is 42.8 Å². The zero-order valence-corrected chi connectivity index (χ0v) is 16.1. The Bertz CT molecular complexity index is 930. The molecule has 0 saturated carbocycles. The number of sulfonamides is 1. The van der Waals surface area contributed by atoms with Crippen LogP contribution >= 0.6 is 15.9 Å². The number of carbonyl (C=O) groups is 1. The van der Waals surface area contributed by atoms with Gasteiger partial charge >= 0.3 is 0 Å². The van der Waals surface area contributed by atoms with E-state index in [2.05, 4.69) is 21.2 Å². The Kier molecular flexibility index (Phi) is 4.75. The standard InChI is InChI=1S/C17H17BrN2O4S/c1-11-6-7-15-14(8-11)20(25(2,22)23)10-16(24-15)17(21)19-13-5-3-4-12(18)9-13/h3-9,16H,10H2,1-2H3,(H,19,21). The Hall–Kier alpha value is -2.06. The molecule has 2 aromatic carbocycles. The van der Waals surface area contributed by atoms with Gasteiger partial charge in [0.05, 0.1) is 18.5 Å². The number of nitrogens with zero attached hydrogens (tertiary/aromatic N) is 1. The van der Waals surface area contributed by atoms with Gasteiger partial charge in [0.25, 0.3) is 5.91 Å². The average Bonchev–Trinajstić information content (AvgIpc) is 2.52. The van der Waals surface area contributed by atoms with Gasteiger partial charge in [-0.1, -0.05) is 28.1 Å². The van der Waals surface area contributed by atoms with E-state index in [4.69, 9.17) is 4.74 Å². The Morgan fingerprint density at radius 1 is 1.28 bits per heavy atom. The second-order valence-electron chi connectivity index (χ2n) is 5.87. The number of hydrogen-bond acceptors (Lipinski definition) is 4. The molecular weight excluding hydrogens is 408 g/mol. The zero-order valence-electron chi connectivity index (χ0n) is 13.7. The Morgan fingerprint density at radius 3 is 2.72 bits per heavy atom. The second-order valence-corrected chi connectivity index (χ2v) is 8.69. The zero-order chi connectivity index (χ0) is 18.2. The highest BCUT2D eigenvalue weighted by molar-refractivity contribution is 9.10. The fraction of sp³-hybridized carbons (Fsp3) is 0.235. The van der Waals surface area contributed by atoms with Crippen molar-refractivity contribution in [2.75, 3.05) is 22.4 Å². The SMILES string of the molecule is Cc1ccc2c(c1)N(S(C)(=O)=O)CC(C(=O)Nc1cccc(Br)c1)O2. The first-order valence-corrected chi connectivity index (χ1v) is 10.2. The van der Waals surface area contributed by atoms with Crippen molar-refractivity contribution >= 4 is 43.2 Å². The van der Waals surface area contributed by atoms with Crippen LogP contribution in [-0.2, 0) is 14.8 Å². The van der Waals surface area contributed by atoms with Crippen molar-refractivity contribution in [1.29, 1.82) is 0 Å². The molecule has 0 aromatic heterocycles. The topological polar surface area (TPSA) is 75.7 Å². The normalized spacial score (nSPS) is 16.8. The van der Waals surface area contributed by atoms with Crippen molar-refractivity contribution in [2.24, 2.45) is 0 Å². The number of aryl methyl sites for hydroxylation is 1. The number of nitrogens with one attached hydrogen (secondary N) is 1. The van der Waals surface area contributed by atoms with Crippen LogP contribution in [0.5, 0.6) is 5.75 Å². The molecule has 3 rings (SSSR count). The largest absolute Gasteiger partial charge is 0.476 e. The van der Waals surface area contributed by atoms with Crippen LogP contribution in [0.2, 0.25) is 0 Å². The lowest BCUT2D eigenvalue weighted by Gasteiger charge is -2.34. The molecule has 1 unspecified atom stereocenters. The molecule has 0 spiro atoms. The molecule has 25 heavy (non-hydrogen) atoms. The van der Waals surface area contributed by atoms with Gasteiger partial charge < -0.3 is 10.1 Å². The van der Waals surface area contributed by atoms with Crippen LogP contribution in [0.1, 0.15) is 5.56 Å². The first-order valence-electron chi connectivity index (χ1n) is 7.55. The molecule has 0 aliphatic carbocycles. The maximum atomic E-state index is 12.6. The molecular formula is C17H17BrN2O4S. The summed E-state index contributed by atoms with van der Waals surface area (Å²) in [5.74, 6) is -0.0327. The highest BCUT2D eigenvalue weighted by Gasteiger charge is 2.35. The minimum atomic E-state index is -3.54. The van der Waals surface area contributed by atoms with Crippen molar-refractivity contribution in [3.8, 4) is 5.75 Å².